The molecule has 2 heteroatoms. The molecular weight excluding hydrogens is 198 g/mol. The Bertz CT molecular complexity index is 386. The van der Waals surface area contributed by atoms with Crippen molar-refractivity contribution in [2.45, 2.75) is 32.6 Å². The maximum atomic E-state index is 11.7. The van der Waals surface area contributed by atoms with Gasteiger partial charge in [0.15, 0.2) is 0 Å². The summed E-state index contributed by atoms with van der Waals surface area (Å²) in [5, 5.41) is 0. The Morgan fingerprint density at radius 2 is 2.19 bits per heavy atom. The van der Waals surface area contributed by atoms with Crippen LogP contribution in [-0.2, 0) is 11.2 Å². The average Bonchev–Trinajstić information content (AvgIpc) is 2.49. The number of fused-ring (bicyclic) bond motifs is 1. The van der Waals surface area contributed by atoms with Gasteiger partial charge < -0.3 is 4.90 Å². The molecule has 0 saturated carbocycles. The standard InChI is InChI=1S/C14H19NO/c1-3-14(16)15-9-8-12-6-4-5-7-13(12)11(2)10-15/h4-7,11H,3,8-10H2,1-2H3. The molecule has 2 rings (SSSR count). The highest BCUT2D eigenvalue weighted by atomic mass is 16.2. The van der Waals surface area contributed by atoms with Gasteiger partial charge in [-0.2, -0.15) is 0 Å². The van der Waals surface area contributed by atoms with E-state index >= 15 is 0 Å². The number of carbonyl (C=O) groups excluding carboxylic acids is 1. The second-order valence-corrected chi connectivity index (χ2v) is 4.54. The van der Waals surface area contributed by atoms with Gasteiger partial charge in [-0.15, -0.1) is 0 Å². The first-order valence-corrected chi connectivity index (χ1v) is 6.08. The molecule has 0 spiro atoms. The molecule has 86 valence electrons. The van der Waals surface area contributed by atoms with E-state index in [2.05, 4.69) is 31.2 Å². The Kier molecular flexibility index (Phi) is 3.28. The van der Waals surface area contributed by atoms with Gasteiger partial charge in [-0.05, 0) is 23.5 Å². The molecule has 0 radical (unpaired) electrons. The molecule has 2 nitrogen and oxygen atoms in total. The first-order chi connectivity index (χ1) is 7.72. The predicted octanol–water partition coefficient (Wildman–Crippen LogP) is 2.58. The van der Waals surface area contributed by atoms with Crippen molar-refractivity contribution < 1.29 is 4.79 Å². The lowest BCUT2D eigenvalue weighted by Gasteiger charge is -2.22. The first kappa shape index (κ1) is 11.2. The number of carbonyl (C=O) groups is 1. The van der Waals surface area contributed by atoms with Crippen molar-refractivity contribution in [2.24, 2.45) is 0 Å². The van der Waals surface area contributed by atoms with Gasteiger partial charge in [0.25, 0.3) is 0 Å². The highest BCUT2D eigenvalue weighted by Crippen LogP contribution is 2.25. The Morgan fingerprint density at radius 3 is 2.94 bits per heavy atom. The average molecular weight is 217 g/mol. The first-order valence-electron chi connectivity index (χ1n) is 6.08. The van der Waals surface area contributed by atoms with Gasteiger partial charge in [0, 0.05) is 19.5 Å². The topological polar surface area (TPSA) is 20.3 Å². The molecule has 0 N–H and O–H groups in total. The molecule has 0 bridgehead atoms. The molecule has 0 aliphatic carbocycles. The second kappa shape index (κ2) is 4.69. The smallest absolute Gasteiger partial charge is 0.222 e. The van der Waals surface area contributed by atoms with Crippen LogP contribution in [0, 0.1) is 0 Å². The van der Waals surface area contributed by atoms with Crippen molar-refractivity contribution in [1.29, 1.82) is 0 Å². The maximum Gasteiger partial charge on any atom is 0.222 e. The van der Waals surface area contributed by atoms with Crippen LogP contribution in [0.3, 0.4) is 0 Å². The summed E-state index contributed by atoms with van der Waals surface area (Å²) < 4.78 is 0. The second-order valence-electron chi connectivity index (χ2n) is 4.54. The van der Waals surface area contributed by atoms with Crippen LogP contribution in [0.15, 0.2) is 24.3 Å². The Labute approximate surface area is 97.3 Å². The van der Waals surface area contributed by atoms with Gasteiger partial charge in [-0.1, -0.05) is 38.1 Å². The summed E-state index contributed by atoms with van der Waals surface area (Å²) in [6.07, 6.45) is 1.61. The summed E-state index contributed by atoms with van der Waals surface area (Å²) in [5.74, 6) is 0.730. The number of hydrogen-bond donors (Lipinski definition) is 0. The van der Waals surface area contributed by atoms with Gasteiger partial charge >= 0.3 is 0 Å². The lowest BCUT2D eigenvalue weighted by atomic mass is 9.96. The molecule has 1 aromatic carbocycles. The van der Waals surface area contributed by atoms with E-state index in [9.17, 15) is 4.79 Å². The van der Waals surface area contributed by atoms with E-state index in [0.717, 1.165) is 19.5 Å². The summed E-state index contributed by atoms with van der Waals surface area (Å²) in [6, 6.07) is 8.56. The number of benzene rings is 1. The Hall–Kier alpha value is -1.31. The van der Waals surface area contributed by atoms with Crippen LogP contribution in [0.5, 0.6) is 0 Å². The number of rotatable bonds is 1. The third-order valence-electron chi connectivity index (χ3n) is 3.39. The monoisotopic (exact) mass is 217 g/mol. The predicted molar refractivity (Wildman–Crippen MR) is 65.4 cm³/mol. The van der Waals surface area contributed by atoms with Crippen LogP contribution < -0.4 is 0 Å². The molecule has 1 aromatic rings. The summed E-state index contributed by atoms with van der Waals surface area (Å²) in [5.41, 5.74) is 2.82. The third kappa shape index (κ3) is 2.11. The molecule has 1 unspecified atom stereocenters. The van der Waals surface area contributed by atoms with E-state index in [1.807, 2.05) is 11.8 Å². The Balaban J connectivity index is 2.22. The lowest BCUT2D eigenvalue weighted by molar-refractivity contribution is -0.130. The third-order valence-corrected chi connectivity index (χ3v) is 3.39. The van der Waals surface area contributed by atoms with Gasteiger partial charge in [0.05, 0.1) is 0 Å². The summed E-state index contributed by atoms with van der Waals surface area (Å²) >= 11 is 0. The van der Waals surface area contributed by atoms with Crippen LogP contribution in [0.1, 0.15) is 37.3 Å². The summed E-state index contributed by atoms with van der Waals surface area (Å²) in [4.78, 5) is 13.7. The van der Waals surface area contributed by atoms with Crippen LogP contribution in [-0.4, -0.2) is 23.9 Å². The van der Waals surface area contributed by atoms with Gasteiger partial charge in [0.1, 0.15) is 0 Å². The fourth-order valence-corrected chi connectivity index (χ4v) is 2.47. The normalized spacial score (nSPS) is 20.1. The fraction of sp³-hybridized carbons (Fsp3) is 0.500. The van der Waals surface area contributed by atoms with E-state index in [-0.39, 0.29) is 5.91 Å². The summed E-state index contributed by atoms with van der Waals surface area (Å²) in [7, 11) is 0. The van der Waals surface area contributed by atoms with Crippen molar-refractivity contribution in [2.75, 3.05) is 13.1 Å². The van der Waals surface area contributed by atoms with E-state index in [0.29, 0.717) is 12.3 Å². The van der Waals surface area contributed by atoms with Crippen molar-refractivity contribution in [1.82, 2.24) is 4.90 Å². The highest BCUT2D eigenvalue weighted by Gasteiger charge is 2.21. The largest absolute Gasteiger partial charge is 0.342 e. The van der Waals surface area contributed by atoms with Gasteiger partial charge in [0.2, 0.25) is 5.91 Å². The summed E-state index contributed by atoms with van der Waals surface area (Å²) in [6.45, 7) is 5.88. The van der Waals surface area contributed by atoms with E-state index in [1.54, 1.807) is 0 Å². The van der Waals surface area contributed by atoms with Crippen LogP contribution >= 0.6 is 0 Å². The number of amides is 1. The minimum Gasteiger partial charge on any atom is -0.342 e. The van der Waals surface area contributed by atoms with E-state index < -0.39 is 0 Å². The van der Waals surface area contributed by atoms with Crippen LogP contribution in [0.2, 0.25) is 0 Å². The number of hydrogen-bond acceptors (Lipinski definition) is 1. The SMILES string of the molecule is CCC(=O)N1CCc2ccccc2C(C)C1. The zero-order valence-corrected chi connectivity index (χ0v) is 10.1. The van der Waals surface area contributed by atoms with E-state index in [1.165, 1.54) is 11.1 Å². The van der Waals surface area contributed by atoms with Crippen molar-refractivity contribution in [3.63, 3.8) is 0 Å². The number of nitrogens with zero attached hydrogens (tertiary/aromatic N) is 1. The molecular formula is C14H19NO. The van der Waals surface area contributed by atoms with Gasteiger partial charge in [-0.25, -0.2) is 0 Å². The molecule has 0 saturated heterocycles. The molecule has 1 amide bonds. The van der Waals surface area contributed by atoms with E-state index in [4.69, 9.17) is 0 Å². The Morgan fingerprint density at radius 1 is 1.44 bits per heavy atom. The van der Waals surface area contributed by atoms with Crippen molar-refractivity contribution in [3.8, 4) is 0 Å². The van der Waals surface area contributed by atoms with Gasteiger partial charge in [-0.3, -0.25) is 4.79 Å². The molecule has 1 aliphatic rings. The molecule has 1 atom stereocenters. The zero-order chi connectivity index (χ0) is 11.5. The molecule has 1 aliphatic heterocycles. The quantitative estimate of drug-likeness (QED) is 0.708. The van der Waals surface area contributed by atoms with Crippen LogP contribution in [0.4, 0.5) is 0 Å². The van der Waals surface area contributed by atoms with Crippen molar-refractivity contribution in [3.05, 3.63) is 35.4 Å². The molecule has 0 fully saturated rings. The lowest BCUT2D eigenvalue weighted by Crippen LogP contribution is -2.33. The van der Waals surface area contributed by atoms with Crippen LogP contribution in [0.25, 0.3) is 0 Å². The highest BCUT2D eigenvalue weighted by molar-refractivity contribution is 5.76. The fourth-order valence-electron chi connectivity index (χ4n) is 2.47. The molecule has 16 heavy (non-hydrogen) atoms. The maximum absolute atomic E-state index is 11.7. The molecule has 1 heterocycles. The minimum absolute atomic E-state index is 0.277. The minimum atomic E-state index is 0.277. The molecule has 0 aromatic heterocycles. The zero-order valence-electron chi connectivity index (χ0n) is 10.1. The van der Waals surface area contributed by atoms with Crippen molar-refractivity contribution >= 4 is 5.91 Å².